The van der Waals surface area contributed by atoms with Gasteiger partial charge in [-0.1, -0.05) is 24.6 Å². The molecule has 8 heteroatoms. The summed E-state index contributed by atoms with van der Waals surface area (Å²) in [7, 11) is 0. The molecule has 3 N–H and O–H groups in total. The minimum absolute atomic E-state index is 0. The van der Waals surface area contributed by atoms with Gasteiger partial charge in [0.05, 0.1) is 6.54 Å². The molecule has 0 saturated carbocycles. The molecule has 1 fully saturated rings. The van der Waals surface area contributed by atoms with E-state index in [2.05, 4.69) is 49.8 Å². The molecule has 0 spiro atoms. The van der Waals surface area contributed by atoms with Gasteiger partial charge in [0.15, 0.2) is 11.8 Å². The standard InChI is InChI=1S/C19H29N7.HI/c1-2-20-19(21-9-12-26-10-4-3-5-11-26)22-14-16-7-6-8-17(13-16)18-23-15-24-25-18;/h6-8,13,15H,2-5,9-12,14H2,1H3,(H2,20,21,22)(H,23,24,25);1H. The monoisotopic (exact) mass is 483 g/mol. The van der Waals surface area contributed by atoms with E-state index in [-0.39, 0.29) is 24.0 Å². The highest BCUT2D eigenvalue weighted by Crippen LogP contribution is 2.15. The van der Waals surface area contributed by atoms with Crippen LogP contribution in [0, 0.1) is 0 Å². The second-order valence-corrected chi connectivity index (χ2v) is 6.56. The predicted octanol–water partition coefficient (Wildman–Crippen LogP) is 2.63. The highest BCUT2D eigenvalue weighted by molar-refractivity contribution is 14.0. The van der Waals surface area contributed by atoms with Gasteiger partial charge >= 0.3 is 0 Å². The maximum absolute atomic E-state index is 4.72. The summed E-state index contributed by atoms with van der Waals surface area (Å²) in [5, 5.41) is 13.6. The Hall–Kier alpha value is -1.68. The molecule has 0 amide bonds. The number of hydrogen-bond donors (Lipinski definition) is 3. The van der Waals surface area contributed by atoms with Gasteiger partial charge in [-0.05, 0) is 44.5 Å². The molecule has 0 unspecified atom stereocenters. The van der Waals surface area contributed by atoms with Crippen molar-refractivity contribution in [3.05, 3.63) is 36.2 Å². The Bertz CT molecular complexity index is 681. The van der Waals surface area contributed by atoms with E-state index in [0.717, 1.165) is 42.5 Å². The molecule has 1 aromatic carbocycles. The Morgan fingerprint density at radius 1 is 1.22 bits per heavy atom. The minimum Gasteiger partial charge on any atom is -0.357 e. The van der Waals surface area contributed by atoms with Crippen LogP contribution in [-0.2, 0) is 6.54 Å². The van der Waals surface area contributed by atoms with E-state index in [1.165, 1.54) is 38.7 Å². The van der Waals surface area contributed by atoms with Gasteiger partial charge in [0, 0.05) is 25.2 Å². The van der Waals surface area contributed by atoms with Gasteiger partial charge in [0.25, 0.3) is 0 Å². The molecule has 1 aromatic heterocycles. The van der Waals surface area contributed by atoms with E-state index in [0.29, 0.717) is 6.54 Å². The van der Waals surface area contributed by atoms with Crippen molar-refractivity contribution >= 4 is 29.9 Å². The van der Waals surface area contributed by atoms with E-state index < -0.39 is 0 Å². The lowest BCUT2D eigenvalue weighted by molar-refractivity contribution is 0.232. The first-order chi connectivity index (χ1) is 12.8. The number of halogens is 1. The molecule has 1 aliphatic heterocycles. The second-order valence-electron chi connectivity index (χ2n) is 6.56. The molecule has 7 nitrogen and oxygen atoms in total. The molecule has 0 radical (unpaired) electrons. The Labute approximate surface area is 178 Å². The number of H-pyrrole nitrogens is 1. The van der Waals surface area contributed by atoms with Gasteiger partial charge < -0.3 is 15.5 Å². The fourth-order valence-electron chi connectivity index (χ4n) is 3.19. The second kappa shape index (κ2) is 11.9. The van der Waals surface area contributed by atoms with Gasteiger partial charge in [-0.3, -0.25) is 5.10 Å². The van der Waals surface area contributed by atoms with E-state index in [9.17, 15) is 0 Å². The lowest BCUT2D eigenvalue weighted by Gasteiger charge is -2.26. The SMILES string of the molecule is CCNC(=NCc1cccc(-c2ncn[nH]2)c1)NCCN1CCCCC1.I. The Balaban J connectivity index is 0.00000261. The minimum atomic E-state index is 0. The van der Waals surface area contributed by atoms with Crippen LogP contribution in [0.25, 0.3) is 11.4 Å². The maximum atomic E-state index is 4.72. The molecule has 0 aliphatic carbocycles. The number of aromatic nitrogens is 3. The van der Waals surface area contributed by atoms with Crippen molar-refractivity contribution in [1.29, 1.82) is 0 Å². The average molecular weight is 483 g/mol. The number of nitrogens with zero attached hydrogens (tertiary/aromatic N) is 4. The molecular weight excluding hydrogens is 453 g/mol. The topological polar surface area (TPSA) is 81.2 Å². The summed E-state index contributed by atoms with van der Waals surface area (Å²) in [5.74, 6) is 1.65. The van der Waals surface area contributed by atoms with Crippen molar-refractivity contribution < 1.29 is 0 Å². The third-order valence-corrected chi connectivity index (χ3v) is 4.55. The number of rotatable bonds is 7. The van der Waals surface area contributed by atoms with E-state index in [1.807, 2.05) is 12.1 Å². The summed E-state index contributed by atoms with van der Waals surface area (Å²) in [6.45, 7) is 8.02. The molecule has 1 saturated heterocycles. The molecule has 0 bridgehead atoms. The highest BCUT2D eigenvalue weighted by Gasteiger charge is 2.09. The summed E-state index contributed by atoms with van der Waals surface area (Å²) in [6, 6.07) is 8.23. The van der Waals surface area contributed by atoms with E-state index in [4.69, 9.17) is 4.99 Å². The van der Waals surface area contributed by atoms with Gasteiger partial charge in [-0.15, -0.1) is 24.0 Å². The van der Waals surface area contributed by atoms with Crippen LogP contribution in [0.15, 0.2) is 35.6 Å². The van der Waals surface area contributed by atoms with Crippen LogP contribution in [0.5, 0.6) is 0 Å². The van der Waals surface area contributed by atoms with E-state index >= 15 is 0 Å². The third kappa shape index (κ3) is 7.10. The number of piperidine rings is 1. The molecule has 2 aromatic rings. The van der Waals surface area contributed by atoms with Gasteiger partial charge in [-0.25, -0.2) is 9.98 Å². The van der Waals surface area contributed by atoms with Crippen molar-refractivity contribution in [1.82, 2.24) is 30.7 Å². The molecule has 27 heavy (non-hydrogen) atoms. The van der Waals surface area contributed by atoms with Gasteiger partial charge in [-0.2, -0.15) is 5.10 Å². The van der Waals surface area contributed by atoms with Crippen molar-refractivity contribution in [2.75, 3.05) is 32.7 Å². The zero-order valence-electron chi connectivity index (χ0n) is 15.9. The number of nitrogens with one attached hydrogen (secondary N) is 3. The van der Waals surface area contributed by atoms with Crippen molar-refractivity contribution in [2.24, 2.45) is 4.99 Å². The number of aromatic amines is 1. The first-order valence-electron chi connectivity index (χ1n) is 9.54. The molecule has 0 atom stereocenters. The van der Waals surface area contributed by atoms with Gasteiger partial charge in [0.2, 0.25) is 0 Å². The summed E-state index contributed by atoms with van der Waals surface area (Å²) in [4.78, 5) is 11.5. The average Bonchev–Trinajstić information content (AvgIpc) is 3.22. The Kier molecular flexibility index (Phi) is 9.54. The highest BCUT2D eigenvalue weighted by atomic mass is 127. The van der Waals surface area contributed by atoms with Crippen molar-refractivity contribution in [3.8, 4) is 11.4 Å². The summed E-state index contributed by atoms with van der Waals surface area (Å²) in [6.07, 6.45) is 5.56. The Morgan fingerprint density at radius 2 is 2.07 bits per heavy atom. The first-order valence-corrected chi connectivity index (χ1v) is 9.54. The van der Waals surface area contributed by atoms with Crippen LogP contribution in [0.4, 0.5) is 0 Å². The van der Waals surface area contributed by atoms with Crippen molar-refractivity contribution in [3.63, 3.8) is 0 Å². The van der Waals surface area contributed by atoms with Crippen LogP contribution in [0.2, 0.25) is 0 Å². The largest absolute Gasteiger partial charge is 0.357 e. The number of guanidine groups is 1. The van der Waals surface area contributed by atoms with Crippen LogP contribution in [0.1, 0.15) is 31.7 Å². The fraction of sp³-hybridized carbons (Fsp3) is 0.526. The molecule has 3 rings (SSSR count). The van der Waals surface area contributed by atoms with Crippen LogP contribution < -0.4 is 10.6 Å². The van der Waals surface area contributed by atoms with Gasteiger partial charge in [0.1, 0.15) is 6.33 Å². The summed E-state index contributed by atoms with van der Waals surface area (Å²) >= 11 is 0. The summed E-state index contributed by atoms with van der Waals surface area (Å²) in [5.41, 5.74) is 2.17. The predicted molar refractivity (Wildman–Crippen MR) is 120 cm³/mol. The lowest BCUT2D eigenvalue weighted by atomic mass is 10.1. The normalized spacial score (nSPS) is 15.2. The lowest BCUT2D eigenvalue weighted by Crippen LogP contribution is -2.42. The van der Waals surface area contributed by atoms with Crippen LogP contribution in [-0.4, -0.2) is 58.8 Å². The molecular formula is C19H30IN7. The molecule has 2 heterocycles. The quantitative estimate of drug-likeness (QED) is 0.321. The zero-order valence-corrected chi connectivity index (χ0v) is 18.3. The molecule has 1 aliphatic rings. The van der Waals surface area contributed by atoms with E-state index in [1.54, 1.807) is 0 Å². The number of benzene rings is 1. The van der Waals surface area contributed by atoms with Crippen LogP contribution >= 0.6 is 24.0 Å². The first kappa shape index (κ1) is 21.6. The maximum Gasteiger partial charge on any atom is 0.191 e. The smallest absolute Gasteiger partial charge is 0.191 e. The summed E-state index contributed by atoms with van der Waals surface area (Å²) < 4.78 is 0. The van der Waals surface area contributed by atoms with Crippen molar-refractivity contribution in [2.45, 2.75) is 32.7 Å². The zero-order chi connectivity index (χ0) is 18.0. The van der Waals surface area contributed by atoms with Crippen LogP contribution in [0.3, 0.4) is 0 Å². The molecule has 148 valence electrons. The third-order valence-electron chi connectivity index (χ3n) is 4.55. The number of aliphatic imine (C=N–C) groups is 1. The Morgan fingerprint density at radius 3 is 2.81 bits per heavy atom. The fourth-order valence-corrected chi connectivity index (χ4v) is 3.19. The number of likely N-dealkylation sites (tertiary alicyclic amines) is 1. The number of hydrogen-bond acceptors (Lipinski definition) is 4.